The maximum atomic E-state index is 11.4. The number of amides is 1. The molecule has 1 rings (SSSR count). The summed E-state index contributed by atoms with van der Waals surface area (Å²) in [6.45, 7) is 4.59. The molecule has 0 bridgehead atoms. The first-order valence-electron chi connectivity index (χ1n) is 5.62. The topological polar surface area (TPSA) is 96.6 Å². The van der Waals surface area contributed by atoms with Crippen molar-refractivity contribution in [3.8, 4) is 0 Å². The minimum atomic E-state index is -4.31. The maximum absolute atomic E-state index is 11.4. The van der Waals surface area contributed by atoms with E-state index < -0.39 is 15.2 Å². The van der Waals surface area contributed by atoms with Crippen LogP contribution < -0.4 is 5.32 Å². The van der Waals surface area contributed by atoms with Crippen LogP contribution in [0.5, 0.6) is 0 Å². The molecule has 6 nitrogen and oxygen atoms in total. The highest BCUT2D eigenvalue weighted by Crippen LogP contribution is 2.14. The Balaban J connectivity index is 2.45. The average molecular weight is 275 g/mol. The minimum absolute atomic E-state index is 0.117. The molecule has 0 saturated carbocycles. The van der Waals surface area contributed by atoms with Crippen molar-refractivity contribution in [1.29, 1.82) is 0 Å². The molecule has 0 aliphatic rings. The van der Waals surface area contributed by atoms with E-state index in [4.69, 9.17) is 8.97 Å². The van der Waals surface area contributed by atoms with Crippen LogP contribution in [0.2, 0.25) is 0 Å². The van der Waals surface area contributed by atoms with Crippen LogP contribution >= 0.6 is 0 Å². The molecule has 0 spiro atoms. The first-order valence-corrected chi connectivity index (χ1v) is 7.06. The number of carbonyl (C=O) groups excluding carboxylic acids is 1. The van der Waals surface area contributed by atoms with Gasteiger partial charge in [-0.15, -0.1) is 0 Å². The summed E-state index contributed by atoms with van der Waals surface area (Å²) in [6.07, 6.45) is 0.505. The number of furan rings is 1. The predicted octanol–water partition coefficient (Wildman–Crippen LogP) is 1.23. The highest BCUT2D eigenvalue weighted by molar-refractivity contribution is 7.85. The Labute approximate surface area is 106 Å². The molecule has 1 aromatic rings. The van der Waals surface area contributed by atoms with E-state index in [0.717, 1.165) is 6.07 Å². The quantitative estimate of drug-likeness (QED) is 0.761. The predicted molar refractivity (Wildman–Crippen MR) is 64.7 cm³/mol. The molecule has 7 heteroatoms. The number of hydrogen-bond acceptors (Lipinski definition) is 4. The van der Waals surface area contributed by atoms with E-state index >= 15 is 0 Å². The number of hydrogen-bond donors (Lipinski definition) is 2. The zero-order valence-electron chi connectivity index (χ0n) is 10.3. The van der Waals surface area contributed by atoms with Gasteiger partial charge in [0, 0.05) is 19.4 Å². The molecule has 1 heterocycles. The van der Waals surface area contributed by atoms with Crippen molar-refractivity contribution in [1.82, 2.24) is 5.32 Å². The molecule has 0 radical (unpaired) electrons. The summed E-state index contributed by atoms with van der Waals surface area (Å²) < 4.78 is 35.1. The molecule has 1 amide bonds. The second kappa shape index (κ2) is 6.01. The van der Waals surface area contributed by atoms with Gasteiger partial charge < -0.3 is 9.73 Å². The molecule has 0 unspecified atom stereocenters. The van der Waals surface area contributed by atoms with Crippen molar-refractivity contribution < 1.29 is 22.2 Å². The summed E-state index contributed by atoms with van der Waals surface area (Å²) in [7, 11) is -4.31. The van der Waals surface area contributed by atoms with Crippen LogP contribution in [-0.2, 0) is 21.3 Å². The Morgan fingerprint density at radius 1 is 1.44 bits per heavy atom. The molecular formula is C11H17NO5S. The van der Waals surface area contributed by atoms with Crippen molar-refractivity contribution >= 4 is 16.0 Å². The number of nitrogens with one attached hydrogen (secondary N) is 1. The monoisotopic (exact) mass is 275 g/mol. The largest absolute Gasteiger partial charge is 0.447 e. The molecule has 0 fully saturated rings. The van der Waals surface area contributed by atoms with E-state index in [1.54, 1.807) is 0 Å². The van der Waals surface area contributed by atoms with Gasteiger partial charge in [0.15, 0.2) is 0 Å². The molecular weight excluding hydrogens is 258 g/mol. The lowest BCUT2D eigenvalue weighted by atomic mass is 10.2. The van der Waals surface area contributed by atoms with Crippen molar-refractivity contribution in [2.24, 2.45) is 5.92 Å². The molecule has 0 atom stereocenters. The van der Waals surface area contributed by atoms with Gasteiger partial charge in [0.05, 0.1) is 0 Å². The Kier molecular flexibility index (Phi) is 4.92. The molecule has 0 aliphatic heterocycles. The van der Waals surface area contributed by atoms with E-state index in [0.29, 0.717) is 24.6 Å². The highest BCUT2D eigenvalue weighted by atomic mass is 32.2. The van der Waals surface area contributed by atoms with Gasteiger partial charge in [-0.1, -0.05) is 13.8 Å². The third-order valence-corrected chi connectivity index (χ3v) is 2.93. The third-order valence-electron chi connectivity index (χ3n) is 2.20. The van der Waals surface area contributed by atoms with Crippen molar-refractivity contribution in [3.63, 3.8) is 0 Å². The minimum Gasteiger partial charge on any atom is -0.447 e. The van der Waals surface area contributed by atoms with E-state index in [1.807, 2.05) is 13.8 Å². The Morgan fingerprint density at radius 3 is 2.61 bits per heavy atom. The Bertz CT molecular complexity index is 503. The second-order valence-corrected chi connectivity index (χ2v) is 5.75. The summed E-state index contributed by atoms with van der Waals surface area (Å²) in [5.41, 5.74) is 0. The van der Waals surface area contributed by atoms with Crippen LogP contribution in [0.1, 0.15) is 26.0 Å². The second-order valence-electron chi connectivity index (χ2n) is 4.39. The number of aryl methyl sites for hydroxylation is 1. The van der Waals surface area contributed by atoms with Crippen molar-refractivity contribution in [2.75, 3.05) is 6.54 Å². The Hall–Kier alpha value is -1.34. The first kappa shape index (κ1) is 14.7. The van der Waals surface area contributed by atoms with Crippen LogP contribution in [0.25, 0.3) is 0 Å². The summed E-state index contributed by atoms with van der Waals surface area (Å²) in [5.74, 6) is 0.611. The fourth-order valence-electron chi connectivity index (χ4n) is 1.27. The first-order chi connectivity index (χ1) is 8.29. The molecule has 18 heavy (non-hydrogen) atoms. The van der Waals surface area contributed by atoms with Crippen molar-refractivity contribution in [2.45, 2.75) is 31.8 Å². The van der Waals surface area contributed by atoms with Crippen LogP contribution in [0.15, 0.2) is 21.6 Å². The average Bonchev–Trinajstić information content (AvgIpc) is 2.71. The SMILES string of the molecule is CC(C)CNC(=O)CCc1ccc(S(=O)(=O)O)o1. The van der Waals surface area contributed by atoms with Crippen molar-refractivity contribution in [3.05, 3.63) is 17.9 Å². The van der Waals surface area contributed by atoms with Gasteiger partial charge in [-0.3, -0.25) is 9.35 Å². The number of rotatable bonds is 6. The molecule has 2 N–H and O–H groups in total. The standard InChI is InChI=1S/C11H17NO5S/c1-8(2)7-12-10(13)5-3-9-4-6-11(17-9)18(14,15)16/h4,6,8H,3,5,7H2,1-2H3,(H,12,13)(H,14,15,16). The fraction of sp³-hybridized carbons (Fsp3) is 0.545. The van der Waals surface area contributed by atoms with Gasteiger partial charge >= 0.3 is 10.1 Å². The van der Waals surface area contributed by atoms with Gasteiger partial charge in [-0.2, -0.15) is 8.42 Å². The lowest BCUT2D eigenvalue weighted by Gasteiger charge is -2.06. The van der Waals surface area contributed by atoms with E-state index in [2.05, 4.69) is 5.32 Å². The van der Waals surface area contributed by atoms with Gasteiger partial charge in [0.1, 0.15) is 5.76 Å². The molecule has 0 aromatic carbocycles. The summed E-state index contributed by atoms with van der Waals surface area (Å²) in [4.78, 5) is 11.4. The van der Waals surface area contributed by atoms with Gasteiger partial charge in [0.25, 0.3) is 0 Å². The summed E-state index contributed by atoms with van der Waals surface area (Å²) in [6, 6.07) is 2.59. The van der Waals surface area contributed by atoms with Gasteiger partial charge in [0.2, 0.25) is 11.0 Å². The normalized spacial score (nSPS) is 11.8. The fourth-order valence-corrected chi connectivity index (χ4v) is 1.73. The summed E-state index contributed by atoms with van der Waals surface area (Å²) >= 11 is 0. The zero-order chi connectivity index (χ0) is 13.8. The zero-order valence-corrected chi connectivity index (χ0v) is 11.2. The lowest BCUT2D eigenvalue weighted by Crippen LogP contribution is -2.27. The maximum Gasteiger partial charge on any atom is 0.328 e. The van der Waals surface area contributed by atoms with Crippen LogP contribution in [0.3, 0.4) is 0 Å². The van der Waals surface area contributed by atoms with Crippen LogP contribution in [0.4, 0.5) is 0 Å². The molecule has 1 aromatic heterocycles. The van der Waals surface area contributed by atoms with E-state index in [9.17, 15) is 13.2 Å². The highest BCUT2D eigenvalue weighted by Gasteiger charge is 2.15. The molecule has 0 saturated heterocycles. The van der Waals surface area contributed by atoms with Crippen LogP contribution in [-0.4, -0.2) is 25.4 Å². The third kappa shape index (κ3) is 4.89. The smallest absolute Gasteiger partial charge is 0.328 e. The van der Waals surface area contributed by atoms with Gasteiger partial charge in [-0.25, -0.2) is 0 Å². The number of carbonyl (C=O) groups is 1. The van der Waals surface area contributed by atoms with E-state index in [-0.39, 0.29) is 12.3 Å². The van der Waals surface area contributed by atoms with Gasteiger partial charge in [-0.05, 0) is 18.1 Å². The lowest BCUT2D eigenvalue weighted by molar-refractivity contribution is -0.121. The molecule has 102 valence electrons. The van der Waals surface area contributed by atoms with Crippen LogP contribution in [0, 0.1) is 5.92 Å². The summed E-state index contributed by atoms with van der Waals surface area (Å²) in [5, 5.41) is 2.24. The Morgan fingerprint density at radius 2 is 2.11 bits per heavy atom. The van der Waals surface area contributed by atoms with E-state index in [1.165, 1.54) is 6.07 Å². The molecule has 0 aliphatic carbocycles.